The first-order valence-electron chi connectivity index (χ1n) is 7.86. The lowest BCUT2D eigenvalue weighted by atomic mass is 10.2. The molecule has 3 rings (SSSR count). The lowest BCUT2D eigenvalue weighted by molar-refractivity contribution is 0.300. The number of rotatable bonds is 6. The number of hydrogen-bond acceptors (Lipinski definition) is 2. The van der Waals surface area contributed by atoms with Crippen LogP contribution in [-0.4, -0.2) is 0 Å². The molecule has 0 fully saturated rings. The van der Waals surface area contributed by atoms with Gasteiger partial charge in [0.05, 0.1) is 15.7 Å². The van der Waals surface area contributed by atoms with Gasteiger partial charge in [-0.15, -0.1) is 0 Å². The molecule has 0 saturated heterocycles. The molecule has 1 N–H and O–H groups in total. The van der Waals surface area contributed by atoms with Crippen LogP contribution in [0.3, 0.4) is 0 Å². The number of anilines is 1. The third kappa shape index (κ3) is 4.82. The van der Waals surface area contributed by atoms with Crippen molar-refractivity contribution in [2.24, 2.45) is 0 Å². The molecule has 0 amide bonds. The second-order valence-corrected chi connectivity index (χ2v) is 6.87. The molecule has 0 aliphatic heterocycles. The molecule has 0 saturated carbocycles. The smallest absolute Gasteiger partial charge is 0.138 e. The molecular formula is C20H15Cl3FNO. The molecule has 0 radical (unpaired) electrons. The maximum atomic E-state index is 13.6. The van der Waals surface area contributed by atoms with Crippen LogP contribution < -0.4 is 10.1 Å². The van der Waals surface area contributed by atoms with Crippen LogP contribution in [-0.2, 0) is 13.2 Å². The lowest BCUT2D eigenvalue weighted by Gasteiger charge is -2.12. The summed E-state index contributed by atoms with van der Waals surface area (Å²) in [5.74, 6) is 0.201. The molecule has 3 aromatic rings. The van der Waals surface area contributed by atoms with Gasteiger partial charge in [-0.05, 0) is 42.0 Å². The maximum Gasteiger partial charge on any atom is 0.138 e. The van der Waals surface area contributed by atoms with Crippen molar-refractivity contribution in [1.29, 1.82) is 0 Å². The first kappa shape index (κ1) is 18.8. The van der Waals surface area contributed by atoms with E-state index in [9.17, 15) is 4.39 Å². The van der Waals surface area contributed by atoms with Crippen molar-refractivity contribution in [3.63, 3.8) is 0 Å². The standard InChI is InChI=1S/C20H15Cl3FNO/c21-15-6-7-19(16(22)10-15)25-11-13-5-8-20(17(23)9-13)26-12-14-3-1-2-4-18(14)24/h1-10,25H,11-12H2. The largest absolute Gasteiger partial charge is 0.487 e. The zero-order valence-corrected chi connectivity index (χ0v) is 15.9. The maximum absolute atomic E-state index is 13.6. The van der Waals surface area contributed by atoms with E-state index < -0.39 is 0 Å². The van der Waals surface area contributed by atoms with Gasteiger partial charge in [0.1, 0.15) is 18.2 Å². The van der Waals surface area contributed by atoms with Gasteiger partial charge in [-0.2, -0.15) is 0 Å². The van der Waals surface area contributed by atoms with Gasteiger partial charge in [-0.3, -0.25) is 0 Å². The Kier molecular flexibility index (Phi) is 6.25. The second kappa shape index (κ2) is 8.63. The van der Waals surface area contributed by atoms with Gasteiger partial charge in [0, 0.05) is 17.1 Å². The summed E-state index contributed by atoms with van der Waals surface area (Å²) in [4.78, 5) is 0. The SMILES string of the molecule is Fc1ccccc1COc1ccc(CNc2ccc(Cl)cc2Cl)cc1Cl. The summed E-state index contributed by atoms with van der Waals surface area (Å²) in [6, 6.07) is 17.2. The van der Waals surface area contributed by atoms with E-state index in [4.69, 9.17) is 39.5 Å². The van der Waals surface area contributed by atoms with Crippen molar-refractivity contribution in [2.45, 2.75) is 13.2 Å². The highest BCUT2D eigenvalue weighted by Crippen LogP contribution is 2.29. The van der Waals surface area contributed by atoms with E-state index in [1.54, 1.807) is 42.5 Å². The summed E-state index contributed by atoms with van der Waals surface area (Å²) in [5.41, 5.74) is 2.22. The molecule has 0 aliphatic carbocycles. The van der Waals surface area contributed by atoms with Gasteiger partial charge in [0.25, 0.3) is 0 Å². The number of ether oxygens (including phenoxy) is 1. The number of nitrogens with one attached hydrogen (secondary N) is 1. The van der Waals surface area contributed by atoms with E-state index in [2.05, 4.69) is 5.32 Å². The molecule has 134 valence electrons. The first-order chi connectivity index (χ1) is 12.5. The van der Waals surface area contributed by atoms with E-state index in [0.29, 0.717) is 32.9 Å². The van der Waals surface area contributed by atoms with E-state index in [-0.39, 0.29) is 12.4 Å². The summed E-state index contributed by atoms with van der Waals surface area (Å²) in [6.07, 6.45) is 0. The minimum Gasteiger partial charge on any atom is -0.487 e. The highest BCUT2D eigenvalue weighted by molar-refractivity contribution is 6.36. The predicted molar refractivity (Wildman–Crippen MR) is 106 cm³/mol. The number of hydrogen-bond donors (Lipinski definition) is 1. The fourth-order valence-corrected chi connectivity index (χ4v) is 3.11. The lowest BCUT2D eigenvalue weighted by Crippen LogP contribution is -2.01. The summed E-state index contributed by atoms with van der Waals surface area (Å²) in [5, 5.41) is 4.82. The minimum atomic E-state index is -0.302. The van der Waals surface area contributed by atoms with E-state index >= 15 is 0 Å². The molecule has 0 spiro atoms. The monoisotopic (exact) mass is 409 g/mol. The van der Waals surface area contributed by atoms with Crippen molar-refractivity contribution in [2.75, 3.05) is 5.32 Å². The molecule has 3 aromatic carbocycles. The van der Waals surface area contributed by atoms with Crippen LogP contribution in [0.25, 0.3) is 0 Å². The Labute approximate surface area is 166 Å². The van der Waals surface area contributed by atoms with Crippen LogP contribution in [0.15, 0.2) is 60.7 Å². The average molecular weight is 411 g/mol. The van der Waals surface area contributed by atoms with E-state index in [1.807, 2.05) is 12.1 Å². The Hall–Kier alpha value is -1.94. The second-order valence-electron chi connectivity index (χ2n) is 5.62. The van der Waals surface area contributed by atoms with Crippen LogP contribution in [0, 0.1) is 5.82 Å². The van der Waals surface area contributed by atoms with Crippen LogP contribution in [0.4, 0.5) is 10.1 Å². The molecule has 26 heavy (non-hydrogen) atoms. The van der Waals surface area contributed by atoms with Gasteiger partial charge < -0.3 is 10.1 Å². The quantitative estimate of drug-likeness (QED) is 0.473. The molecule has 0 atom stereocenters. The van der Waals surface area contributed by atoms with E-state index in [1.165, 1.54) is 6.07 Å². The van der Waals surface area contributed by atoms with Crippen molar-refractivity contribution in [1.82, 2.24) is 0 Å². The summed E-state index contributed by atoms with van der Waals surface area (Å²) >= 11 is 18.3. The van der Waals surface area contributed by atoms with Gasteiger partial charge in [-0.25, -0.2) is 4.39 Å². The molecule has 0 aromatic heterocycles. The Morgan fingerprint density at radius 3 is 2.42 bits per heavy atom. The molecular weight excluding hydrogens is 396 g/mol. The van der Waals surface area contributed by atoms with Crippen LogP contribution >= 0.6 is 34.8 Å². The molecule has 0 bridgehead atoms. The van der Waals surface area contributed by atoms with Crippen LogP contribution in [0.5, 0.6) is 5.75 Å². The third-order valence-electron chi connectivity index (χ3n) is 3.75. The molecule has 0 unspecified atom stereocenters. The number of halogens is 4. The number of benzene rings is 3. The Morgan fingerprint density at radius 2 is 1.69 bits per heavy atom. The zero-order valence-electron chi connectivity index (χ0n) is 13.6. The Balaban J connectivity index is 1.63. The zero-order chi connectivity index (χ0) is 18.5. The summed E-state index contributed by atoms with van der Waals surface area (Å²) in [7, 11) is 0. The van der Waals surface area contributed by atoms with Crippen LogP contribution in [0.2, 0.25) is 15.1 Å². The average Bonchev–Trinajstić information content (AvgIpc) is 2.61. The predicted octanol–water partition coefficient (Wildman–Crippen LogP) is 6.98. The third-order valence-corrected chi connectivity index (χ3v) is 4.59. The fourth-order valence-electron chi connectivity index (χ4n) is 2.37. The fraction of sp³-hybridized carbons (Fsp3) is 0.100. The normalized spacial score (nSPS) is 10.6. The van der Waals surface area contributed by atoms with Crippen LogP contribution in [0.1, 0.15) is 11.1 Å². The van der Waals surface area contributed by atoms with Crippen molar-refractivity contribution < 1.29 is 9.13 Å². The first-order valence-corrected chi connectivity index (χ1v) is 9.00. The van der Waals surface area contributed by atoms with E-state index in [0.717, 1.165) is 11.3 Å². The highest BCUT2D eigenvalue weighted by atomic mass is 35.5. The highest BCUT2D eigenvalue weighted by Gasteiger charge is 2.07. The summed E-state index contributed by atoms with van der Waals surface area (Å²) in [6.45, 7) is 0.652. The molecule has 2 nitrogen and oxygen atoms in total. The Bertz CT molecular complexity index is 917. The molecule has 0 aliphatic rings. The molecule has 0 heterocycles. The minimum absolute atomic E-state index is 0.115. The Morgan fingerprint density at radius 1 is 0.885 bits per heavy atom. The summed E-state index contributed by atoms with van der Waals surface area (Å²) < 4.78 is 19.3. The van der Waals surface area contributed by atoms with Crippen molar-refractivity contribution in [3.05, 3.63) is 92.7 Å². The van der Waals surface area contributed by atoms with Gasteiger partial charge in [-0.1, -0.05) is 59.1 Å². The van der Waals surface area contributed by atoms with Gasteiger partial charge in [0.15, 0.2) is 0 Å². The van der Waals surface area contributed by atoms with Gasteiger partial charge >= 0.3 is 0 Å². The van der Waals surface area contributed by atoms with Gasteiger partial charge in [0.2, 0.25) is 0 Å². The van der Waals surface area contributed by atoms with Crippen molar-refractivity contribution >= 4 is 40.5 Å². The molecule has 6 heteroatoms. The topological polar surface area (TPSA) is 21.3 Å². The van der Waals surface area contributed by atoms with Crippen molar-refractivity contribution in [3.8, 4) is 5.75 Å².